The van der Waals surface area contributed by atoms with Crippen molar-refractivity contribution in [3.05, 3.63) is 22.4 Å². The summed E-state index contributed by atoms with van der Waals surface area (Å²) in [5.41, 5.74) is 0.0771. The lowest BCUT2D eigenvalue weighted by Gasteiger charge is -2.12. The van der Waals surface area contributed by atoms with E-state index in [9.17, 15) is 14.7 Å². The largest absolute Gasteiger partial charge is 0.465 e. The van der Waals surface area contributed by atoms with Crippen molar-refractivity contribution in [3.8, 4) is 11.8 Å². The van der Waals surface area contributed by atoms with Gasteiger partial charge >= 0.3 is 5.97 Å². The quantitative estimate of drug-likeness (QED) is 0.364. The fraction of sp³-hybridized carbons (Fsp3) is 0.529. The maximum absolute atomic E-state index is 12.2. The number of nitrogens with one attached hydrogen (secondary N) is 1. The number of aliphatic hydroxyl groups excluding tert-OH is 2. The molecule has 3 N–H and O–H groups in total. The molecule has 0 spiro atoms. The highest BCUT2D eigenvalue weighted by Gasteiger charge is 2.36. The van der Waals surface area contributed by atoms with Gasteiger partial charge in [0.25, 0.3) is 5.56 Å². The number of esters is 1. The fourth-order valence-corrected chi connectivity index (χ4v) is 2.68. The molecule has 27 heavy (non-hydrogen) atoms. The highest BCUT2D eigenvalue weighted by molar-refractivity contribution is 5.80. The first-order chi connectivity index (χ1) is 14.0. The van der Waals surface area contributed by atoms with Crippen LogP contribution in [0.25, 0.3) is 11.0 Å². The number of carbonyl (C=O) groups excluding carboxylic acids is 1. The standard InChI is InChI=1S/C16H18N4O6.CH4/c1-9(22)25-5-3-2-4-10-14-15(17-8-18-16(14)24)20(19-10)13-6-11(23)12(7-21)26-13;/h8,11-13,21,23H,3,5-7H2,1H3,(H,17,18,24);1H4/i21D;1T. The molecule has 0 saturated carbocycles. The molecule has 3 atom stereocenters. The van der Waals surface area contributed by atoms with Gasteiger partial charge in [-0.2, -0.15) is 5.10 Å². The molecule has 1 fully saturated rings. The molecule has 1 aliphatic rings. The summed E-state index contributed by atoms with van der Waals surface area (Å²) in [5, 5.41) is 18.9. The Labute approximate surface area is 158 Å². The summed E-state index contributed by atoms with van der Waals surface area (Å²) in [5.74, 6) is 5.19. The van der Waals surface area contributed by atoms with Crippen molar-refractivity contribution in [1.82, 2.24) is 19.7 Å². The van der Waals surface area contributed by atoms with Crippen LogP contribution in [0.5, 0.6) is 0 Å². The lowest BCUT2D eigenvalue weighted by atomic mass is 10.2. The van der Waals surface area contributed by atoms with Gasteiger partial charge in [-0.15, -0.1) is 0 Å². The Hall–Kier alpha value is -2.74. The maximum atomic E-state index is 12.2. The summed E-state index contributed by atoms with van der Waals surface area (Å²) < 4.78 is 24.4. The molecule has 146 valence electrons. The summed E-state index contributed by atoms with van der Waals surface area (Å²) in [6, 6.07) is 0. The minimum Gasteiger partial charge on any atom is -0.465 e. The van der Waals surface area contributed by atoms with E-state index < -0.39 is 30.0 Å². The number of hydrogen-bond acceptors (Lipinski definition) is 8. The third kappa shape index (κ3) is 4.33. The molecule has 0 amide bonds. The zero-order valence-electron chi connectivity index (χ0n) is 17.0. The summed E-state index contributed by atoms with van der Waals surface area (Å²) in [6.45, 7) is 1.36. The van der Waals surface area contributed by atoms with Gasteiger partial charge < -0.3 is 24.7 Å². The number of rotatable bonds is 5. The molecule has 10 heteroatoms. The molecule has 0 aliphatic carbocycles. The van der Waals surface area contributed by atoms with E-state index in [0.717, 1.165) is 0 Å². The Bertz CT molecular complexity index is 951. The Morgan fingerprint density at radius 1 is 1.70 bits per heavy atom. The molecular formula is C17H22N4O6. The first-order valence-electron chi connectivity index (χ1n) is 9.42. The SMILES string of the molecule is [2H]OCC1OC(n2nc(C#CCCOC(C)=O)c3c(=O)[nH]cnc32)CC1O.[3H]C. The summed E-state index contributed by atoms with van der Waals surface area (Å²) in [6.07, 6.45) is -0.441. The molecule has 3 heterocycles. The second kappa shape index (κ2) is 8.77. The predicted octanol–water partition coefficient (Wildman–Crippen LogP) is -0.299. The highest BCUT2D eigenvalue weighted by Crippen LogP contribution is 2.30. The van der Waals surface area contributed by atoms with Gasteiger partial charge in [-0.3, -0.25) is 9.59 Å². The smallest absolute Gasteiger partial charge is 0.302 e. The first kappa shape index (κ1) is 17.7. The van der Waals surface area contributed by atoms with E-state index in [-0.39, 0.29) is 42.8 Å². The molecule has 1 saturated heterocycles. The number of ether oxygens (including phenoxy) is 2. The number of aromatic nitrogens is 4. The van der Waals surface area contributed by atoms with Crippen molar-refractivity contribution in [3.63, 3.8) is 0 Å². The first-order valence-corrected chi connectivity index (χ1v) is 8.01. The van der Waals surface area contributed by atoms with Crippen molar-refractivity contribution in [1.29, 1.82) is 1.43 Å². The van der Waals surface area contributed by atoms with Gasteiger partial charge in [0.05, 0.1) is 19.0 Å². The predicted molar refractivity (Wildman–Crippen MR) is 94.6 cm³/mol. The van der Waals surface area contributed by atoms with E-state index in [1.807, 2.05) is 0 Å². The normalized spacial score (nSPS) is 22.1. The minimum absolute atomic E-state index is 0.0896. The van der Waals surface area contributed by atoms with Crippen molar-refractivity contribution in [2.45, 2.75) is 45.6 Å². The summed E-state index contributed by atoms with van der Waals surface area (Å²) in [7, 11) is 1.25. The van der Waals surface area contributed by atoms with E-state index in [1.54, 1.807) is 0 Å². The van der Waals surface area contributed by atoms with Gasteiger partial charge in [0.1, 0.15) is 18.1 Å². The van der Waals surface area contributed by atoms with Crippen LogP contribution in [0.1, 0.15) is 40.5 Å². The zero-order valence-corrected chi connectivity index (χ0v) is 15.0. The van der Waals surface area contributed by atoms with E-state index in [4.69, 9.17) is 12.3 Å². The number of fused-ring (bicyclic) bond motifs is 1. The average Bonchev–Trinajstić information content (AvgIpc) is 3.25. The second-order valence-electron chi connectivity index (χ2n) is 5.71. The van der Waals surface area contributed by atoms with Crippen LogP contribution < -0.4 is 5.56 Å². The molecule has 3 unspecified atom stereocenters. The summed E-state index contributed by atoms with van der Waals surface area (Å²) >= 11 is 0. The van der Waals surface area contributed by atoms with E-state index in [0.29, 0.717) is 0 Å². The Balaban J connectivity index is 0.00000145. The van der Waals surface area contributed by atoms with E-state index in [1.165, 1.54) is 25.3 Å². The number of nitrogens with zero attached hydrogens (tertiary/aromatic N) is 3. The Kier molecular flexibility index (Phi) is 5.73. The molecule has 0 aromatic carbocycles. The number of aliphatic hydroxyl groups is 2. The summed E-state index contributed by atoms with van der Waals surface area (Å²) in [4.78, 5) is 29.6. The van der Waals surface area contributed by atoms with Crippen LogP contribution in [0.2, 0.25) is 0 Å². The fourth-order valence-electron chi connectivity index (χ4n) is 2.68. The molecule has 0 radical (unpaired) electrons. The van der Waals surface area contributed by atoms with Gasteiger partial charge in [0, 0.05) is 21.1 Å². The second-order valence-corrected chi connectivity index (χ2v) is 5.71. The van der Waals surface area contributed by atoms with Crippen LogP contribution in [0.15, 0.2) is 11.1 Å². The number of carbonyl (C=O) groups is 1. The Morgan fingerprint density at radius 3 is 3.26 bits per heavy atom. The van der Waals surface area contributed by atoms with Gasteiger partial charge in [-0.25, -0.2) is 9.67 Å². The maximum Gasteiger partial charge on any atom is 0.302 e. The van der Waals surface area contributed by atoms with Crippen LogP contribution in [0.4, 0.5) is 0 Å². The molecule has 3 rings (SSSR count). The topological polar surface area (TPSA) is 140 Å². The number of hydrogen-bond donors (Lipinski definition) is 3. The van der Waals surface area contributed by atoms with Crippen LogP contribution in [0, 0.1) is 11.8 Å². The molecule has 10 nitrogen and oxygen atoms in total. The monoisotopic (exact) mass is 381 g/mol. The van der Waals surface area contributed by atoms with Crippen molar-refractivity contribution < 1.29 is 25.9 Å². The van der Waals surface area contributed by atoms with Crippen molar-refractivity contribution in [2.24, 2.45) is 0 Å². The molecule has 2 aromatic heterocycles. The Morgan fingerprint density at radius 2 is 2.52 bits per heavy atom. The van der Waals surface area contributed by atoms with Gasteiger partial charge in [0.15, 0.2) is 17.6 Å². The van der Waals surface area contributed by atoms with Crippen LogP contribution in [-0.4, -0.2) is 62.8 Å². The van der Waals surface area contributed by atoms with Gasteiger partial charge in [-0.05, 0) is 5.92 Å². The van der Waals surface area contributed by atoms with Crippen molar-refractivity contribution in [2.75, 3.05) is 13.2 Å². The number of H-pyrrole nitrogens is 1. The van der Waals surface area contributed by atoms with Crippen LogP contribution in [-0.2, 0) is 14.3 Å². The number of aromatic amines is 1. The zero-order chi connectivity index (χ0) is 21.4. The van der Waals surface area contributed by atoms with Gasteiger partial charge in [0.2, 0.25) is 1.43 Å². The van der Waals surface area contributed by atoms with E-state index in [2.05, 4.69) is 32.0 Å². The van der Waals surface area contributed by atoms with Crippen molar-refractivity contribution >= 4 is 17.0 Å². The van der Waals surface area contributed by atoms with E-state index >= 15 is 0 Å². The molecule has 2 aromatic rings. The lowest BCUT2D eigenvalue weighted by molar-refractivity contribution is -0.140. The minimum atomic E-state index is -0.833. The molecule has 0 bridgehead atoms. The average molecular weight is 381 g/mol. The molecular weight excluding hydrogens is 356 g/mol. The van der Waals surface area contributed by atoms with Crippen LogP contribution >= 0.6 is 0 Å². The van der Waals surface area contributed by atoms with Crippen LogP contribution in [0.3, 0.4) is 0 Å². The molecule has 1 aliphatic heterocycles. The third-order valence-corrected chi connectivity index (χ3v) is 3.88. The third-order valence-electron chi connectivity index (χ3n) is 3.88. The van der Waals surface area contributed by atoms with Gasteiger partial charge in [-0.1, -0.05) is 13.3 Å². The lowest BCUT2D eigenvalue weighted by Crippen LogP contribution is -2.24. The highest BCUT2D eigenvalue weighted by atomic mass is 16.5.